The molecule has 10 nitrogen and oxygen atoms in total. The number of rotatable bonds is 17. The van der Waals surface area contributed by atoms with Crippen molar-refractivity contribution in [1.82, 2.24) is 25.4 Å². The lowest BCUT2D eigenvalue weighted by atomic mass is 9.92. The van der Waals surface area contributed by atoms with Gasteiger partial charge in [0.1, 0.15) is 11.7 Å². The SMILES string of the molecule is CC[C@H](C)[C@H](NC(=O)[C@H]1CCCCN1C)C(=O)N(Cc1ccccc1)[C@H](CCc1nc(C(=O)NCC[C@H](C)C(=O)O)cs1)C(C)C. The molecule has 1 saturated heterocycles. The van der Waals surface area contributed by atoms with Gasteiger partial charge in [-0.3, -0.25) is 24.1 Å². The summed E-state index contributed by atoms with van der Waals surface area (Å²) in [5.74, 6) is -1.82. The first-order valence-corrected chi connectivity index (χ1v) is 17.6. The summed E-state index contributed by atoms with van der Waals surface area (Å²) in [4.78, 5) is 60.4. The van der Waals surface area contributed by atoms with Crippen LogP contribution in [0.5, 0.6) is 0 Å². The number of nitrogens with zero attached hydrogens (tertiary/aromatic N) is 3. The standard InChI is InChI=1S/C35H53N5O5S/c1-7-24(4)31(38-33(42)29-15-11-12-20-39(29)6)34(43)40(21-26-13-9-8-10-14-26)28(23(2)3)16-17-30-37-27(22-46-30)32(41)36-19-18-25(5)35(44)45/h8-10,13-14,22-25,28-29,31H,7,11-12,15-21H2,1-6H3,(H,36,41)(H,38,42)(H,44,45)/t24-,25-,28+,29+,31-/m0/s1. The number of carbonyl (C=O) groups is 4. The molecule has 0 radical (unpaired) electrons. The number of thiazole rings is 1. The number of likely N-dealkylation sites (tertiary alicyclic amines) is 1. The molecule has 46 heavy (non-hydrogen) atoms. The van der Waals surface area contributed by atoms with Crippen LogP contribution in [0, 0.1) is 17.8 Å². The molecule has 0 aliphatic carbocycles. The normalized spacial score (nSPS) is 17.9. The fourth-order valence-electron chi connectivity index (χ4n) is 5.92. The summed E-state index contributed by atoms with van der Waals surface area (Å²) in [5.41, 5.74) is 1.33. The van der Waals surface area contributed by atoms with Crippen molar-refractivity contribution >= 4 is 35.0 Å². The number of carbonyl (C=O) groups excluding carboxylic acids is 3. The van der Waals surface area contributed by atoms with Crippen LogP contribution >= 0.6 is 11.3 Å². The molecule has 1 aliphatic heterocycles. The highest BCUT2D eigenvalue weighted by molar-refractivity contribution is 7.09. The molecular formula is C35H53N5O5S. The van der Waals surface area contributed by atoms with Crippen LogP contribution < -0.4 is 10.6 Å². The lowest BCUT2D eigenvalue weighted by Crippen LogP contribution is -2.58. The molecule has 5 atom stereocenters. The Bertz CT molecular complexity index is 1290. The van der Waals surface area contributed by atoms with Gasteiger partial charge in [0, 0.05) is 30.9 Å². The number of amides is 3. The number of aliphatic carboxylic acids is 1. The van der Waals surface area contributed by atoms with E-state index in [1.165, 1.54) is 11.3 Å². The minimum atomic E-state index is -0.889. The Labute approximate surface area is 278 Å². The second-order valence-electron chi connectivity index (χ2n) is 13.1. The monoisotopic (exact) mass is 655 g/mol. The highest BCUT2D eigenvalue weighted by Crippen LogP contribution is 2.25. The third-order valence-electron chi connectivity index (χ3n) is 9.22. The smallest absolute Gasteiger partial charge is 0.306 e. The third-order valence-corrected chi connectivity index (χ3v) is 10.1. The second-order valence-corrected chi connectivity index (χ2v) is 14.0. The number of piperidine rings is 1. The highest BCUT2D eigenvalue weighted by atomic mass is 32.1. The van der Waals surface area contributed by atoms with Crippen molar-refractivity contribution < 1.29 is 24.3 Å². The molecule has 11 heteroatoms. The minimum absolute atomic E-state index is 0.0463. The van der Waals surface area contributed by atoms with Crippen LogP contribution in [0.2, 0.25) is 0 Å². The van der Waals surface area contributed by atoms with E-state index in [0.29, 0.717) is 31.5 Å². The molecule has 1 aliphatic rings. The van der Waals surface area contributed by atoms with E-state index in [4.69, 9.17) is 5.11 Å². The maximum absolute atomic E-state index is 14.6. The fraction of sp³-hybridized carbons (Fsp3) is 0.629. The van der Waals surface area contributed by atoms with E-state index in [1.807, 2.05) is 56.1 Å². The highest BCUT2D eigenvalue weighted by Gasteiger charge is 2.37. The summed E-state index contributed by atoms with van der Waals surface area (Å²) in [6, 6.07) is 8.95. The topological polar surface area (TPSA) is 132 Å². The quantitative estimate of drug-likeness (QED) is 0.219. The van der Waals surface area contributed by atoms with Crippen molar-refractivity contribution in [2.75, 3.05) is 20.1 Å². The number of hydrogen-bond donors (Lipinski definition) is 3. The molecule has 0 saturated carbocycles. The van der Waals surface area contributed by atoms with E-state index < -0.39 is 17.9 Å². The number of likely N-dealkylation sites (N-methyl/N-ethyl adjacent to an activating group) is 1. The zero-order chi connectivity index (χ0) is 33.8. The van der Waals surface area contributed by atoms with Gasteiger partial charge in [-0.25, -0.2) is 4.98 Å². The third kappa shape index (κ3) is 10.6. The Hall–Kier alpha value is -3.31. The zero-order valence-electron chi connectivity index (χ0n) is 28.3. The lowest BCUT2D eigenvalue weighted by Gasteiger charge is -2.39. The van der Waals surface area contributed by atoms with Crippen LogP contribution in [-0.2, 0) is 27.3 Å². The summed E-state index contributed by atoms with van der Waals surface area (Å²) >= 11 is 1.41. The average molecular weight is 656 g/mol. The van der Waals surface area contributed by atoms with E-state index in [2.05, 4.69) is 34.4 Å². The van der Waals surface area contributed by atoms with Gasteiger partial charge in [0.2, 0.25) is 11.8 Å². The van der Waals surface area contributed by atoms with Gasteiger partial charge in [-0.05, 0) is 56.7 Å². The van der Waals surface area contributed by atoms with Crippen molar-refractivity contribution in [1.29, 1.82) is 0 Å². The molecule has 0 unspecified atom stereocenters. The Kier molecular flexibility index (Phi) is 14.6. The van der Waals surface area contributed by atoms with Crippen molar-refractivity contribution in [2.24, 2.45) is 17.8 Å². The Morgan fingerprint density at radius 1 is 1.09 bits per heavy atom. The van der Waals surface area contributed by atoms with Gasteiger partial charge in [-0.2, -0.15) is 0 Å². The van der Waals surface area contributed by atoms with E-state index in [0.717, 1.165) is 42.8 Å². The number of benzene rings is 1. The first-order valence-electron chi connectivity index (χ1n) is 16.7. The Balaban J connectivity index is 1.79. The molecule has 1 aromatic carbocycles. The van der Waals surface area contributed by atoms with Gasteiger partial charge < -0.3 is 20.6 Å². The van der Waals surface area contributed by atoms with E-state index >= 15 is 0 Å². The summed E-state index contributed by atoms with van der Waals surface area (Å²) in [7, 11) is 1.98. The molecule has 1 aromatic heterocycles. The minimum Gasteiger partial charge on any atom is -0.481 e. The molecular weight excluding hydrogens is 602 g/mol. The summed E-state index contributed by atoms with van der Waals surface area (Å²) in [6.45, 7) is 11.5. The van der Waals surface area contributed by atoms with Crippen molar-refractivity contribution in [3.05, 3.63) is 52.0 Å². The molecule has 1 fully saturated rings. The van der Waals surface area contributed by atoms with Crippen molar-refractivity contribution in [3.63, 3.8) is 0 Å². The van der Waals surface area contributed by atoms with Gasteiger partial charge in [0.15, 0.2) is 0 Å². The molecule has 3 N–H and O–H groups in total. The predicted octanol–water partition coefficient (Wildman–Crippen LogP) is 4.98. The zero-order valence-corrected chi connectivity index (χ0v) is 29.1. The molecule has 3 rings (SSSR count). The first-order chi connectivity index (χ1) is 21.9. The molecule has 0 bridgehead atoms. The molecule has 3 amide bonds. The fourth-order valence-corrected chi connectivity index (χ4v) is 6.72. The van der Waals surface area contributed by atoms with Gasteiger partial charge in [-0.15, -0.1) is 11.3 Å². The van der Waals surface area contributed by atoms with Crippen molar-refractivity contribution in [2.45, 2.75) is 104 Å². The number of aromatic nitrogens is 1. The molecule has 2 aromatic rings. The molecule has 2 heterocycles. The molecule has 0 spiro atoms. The molecule has 254 valence electrons. The van der Waals surface area contributed by atoms with E-state index in [1.54, 1.807) is 12.3 Å². The number of carboxylic acids is 1. The van der Waals surface area contributed by atoms with Crippen molar-refractivity contribution in [3.8, 4) is 0 Å². The summed E-state index contributed by atoms with van der Waals surface area (Å²) in [6.07, 6.45) is 5.20. The largest absolute Gasteiger partial charge is 0.481 e. The number of carboxylic acid groups (broad SMARTS) is 1. The van der Waals surface area contributed by atoms with Crippen LogP contribution in [0.25, 0.3) is 0 Å². The predicted molar refractivity (Wildman–Crippen MR) is 181 cm³/mol. The number of nitrogens with one attached hydrogen (secondary N) is 2. The maximum atomic E-state index is 14.6. The Morgan fingerprint density at radius 3 is 2.43 bits per heavy atom. The number of hydrogen-bond acceptors (Lipinski definition) is 7. The van der Waals surface area contributed by atoms with Gasteiger partial charge in [0.05, 0.1) is 17.0 Å². The van der Waals surface area contributed by atoms with Gasteiger partial charge >= 0.3 is 5.97 Å². The second kappa shape index (κ2) is 18.1. The van der Waals surface area contributed by atoms with E-state index in [-0.39, 0.29) is 48.2 Å². The van der Waals surface area contributed by atoms with Crippen LogP contribution in [-0.4, -0.2) is 81.8 Å². The Morgan fingerprint density at radius 2 is 1.80 bits per heavy atom. The van der Waals surface area contributed by atoms with Crippen LogP contribution in [0.4, 0.5) is 0 Å². The summed E-state index contributed by atoms with van der Waals surface area (Å²) < 4.78 is 0. The van der Waals surface area contributed by atoms with Gasteiger partial charge in [0.25, 0.3) is 5.91 Å². The van der Waals surface area contributed by atoms with Crippen LogP contribution in [0.1, 0.15) is 94.2 Å². The lowest BCUT2D eigenvalue weighted by molar-refractivity contribution is -0.143. The first kappa shape index (κ1) is 37.2. The maximum Gasteiger partial charge on any atom is 0.306 e. The summed E-state index contributed by atoms with van der Waals surface area (Å²) in [5, 5.41) is 17.5. The number of aryl methyl sites for hydroxylation is 1. The van der Waals surface area contributed by atoms with Crippen LogP contribution in [0.15, 0.2) is 35.7 Å². The van der Waals surface area contributed by atoms with E-state index in [9.17, 15) is 19.2 Å². The van der Waals surface area contributed by atoms with Crippen LogP contribution in [0.3, 0.4) is 0 Å². The van der Waals surface area contributed by atoms with Gasteiger partial charge in [-0.1, -0.05) is 77.8 Å². The average Bonchev–Trinajstić information content (AvgIpc) is 3.52.